The first-order valence-electron chi connectivity index (χ1n) is 11.3. The van der Waals surface area contributed by atoms with E-state index in [1.165, 1.54) is 5.56 Å². The van der Waals surface area contributed by atoms with Crippen LogP contribution in [-0.4, -0.2) is 53.7 Å². The Morgan fingerprint density at radius 3 is 2.47 bits per heavy atom. The van der Waals surface area contributed by atoms with Gasteiger partial charge in [-0.3, -0.25) is 9.78 Å². The molecule has 0 unspecified atom stereocenters. The molecule has 0 aliphatic carbocycles. The van der Waals surface area contributed by atoms with Gasteiger partial charge in [0.05, 0.1) is 16.9 Å². The molecular weight excluding hydrogens is 404 g/mol. The summed E-state index contributed by atoms with van der Waals surface area (Å²) in [6.45, 7) is 12.6. The number of ether oxygens (including phenoxy) is 1. The van der Waals surface area contributed by atoms with E-state index in [0.29, 0.717) is 37.7 Å². The van der Waals surface area contributed by atoms with Crippen molar-refractivity contribution >= 4 is 23.4 Å². The molecule has 1 aliphatic rings. The molecule has 3 rings (SSSR count). The van der Waals surface area contributed by atoms with Gasteiger partial charge in [-0.05, 0) is 56.0 Å². The number of carbonyl (C=O) groups excluding carboxylic acids is 2. The number of nitrogens with one attached hydrogen (secondary N) is 1. The molecule has 2 heterocycles. The van der Waals surface area contributed by atoms with E-state index in [2.05, 4.69) is 35.1 Å². The van der Waals surface area contributed by atoms with Gasteiger partial charge in [-0.25, -0.2) is 4.79 Å². The molecule has 32 heavy (non-hydrogen) atoms. The topological polar surface area (TPSA) is 74.8 Å². The van der Waals surface area contributed by atoms with E-state index in [4.69, 9.17) is 4.74 Å². The smallest absolute Gasteiger partial charge is 0.410 e. The maximum atomic E-state index is 12.7. The standard InChI is InChI=1S/C25H34N4O3/c1-6-25(4,5)32-24(31)29-14-12-28(13-15-29)22-16-19(18(2)3)9-10-21(22)27-23(30)20-8-7-11-26-17-20/h7-11,16-18H,6,12-15H2,1-5H3,(H,27,30). The highest BCUT2D eigenvalue weighted by molar-refractivity contribution is 6.05. The monoisotopic (exact) mass is 438 g/mol. The second-order valence-corrected chi connectivity index (χ2v) is 9.08. The normalized spacial score (nSPS) is 14.4. The van der Waals surface area contributed by atoms with Crippen LogP contribution in [0.25, 0.3) is 0 Å². The maximum Gasteiger partial charge on any atom is 0.410 e. The molecule has 1 fully saturated rings. The third kappa shape index (κ3) is 5.78. The van der Waals surface area contributed by atoms with Gasteiger partial charge in [-0.15, -0.1) is 0 Å². The van der Waals surface area contributed by atoms with Crippen LogP contribution in [0.15, 0.2) is 42.7 Å². The van der Waals surface area contributed by atoms with Crippen LogP contribution >= 0.6 is 0 Å². The van der Waals surface area contributed by atoms with E-state index in [-0.39, 0.29) is 12.0 Å². The zero-order chi connectivity index (χ0) is 23.3. The Kier molecular flexibility index (Phi) is 7.38. The van der Waals surface area contributed by atoms with Gasteiger partial charge >= 0.3 is 6.09 Å². The summed E-state index contributed by atoms with van der Waals surface area (Å²) in [5, 5.41) is 3.04. The first-order valence-corrected chi connectivity index (χ1v) is 11.3. The lowest BCUT2D eigenvalue weighted by Crippen LogP contribution is -2.50. The Labute approximate surface area is 190 Å². The van der Waals surface area contributed by atoms with Gasteiger partial charge in [0.15, 0.2) is 0 Å². The second kappa shape index (κ2) is 10.0. The van der Waals surface area contributed by atoms with Crippen LogP contribution in [0, 0.1) is 0 Å². The molecule has 0 spiro atoms. The Morgan fingerprint density at radius 2 is 1.88 bits per heavy atom. The predicted molar refractivity (Wildman–Crippen MR) is 127 cm³/mol. The van der Waals surface area contributed by atoms with Crippen LogP contribution < -0.4 is 10.2 Å². The highest BCUT2D eigenvalue weighted by atomic mass is 16.6. The van der Waals surface area contributed by atoms with Crippen molar-refractivity contribution in [2.75, 3.05) is 36.4 Å². The number of amides is 2. The predicted octanol–water partition coefficient (Wildman–Crippen LogP) is 4.90. The van der Waals surface area contributed by atoms with Crippen LogP contribution in [0.3, 0.4) is 0 Å². The minimum Gasteiger partial charge on any atom is -0.443 e. The summed E-state index contributed by atoms with van der Waals surface area (Å²) in [6.07, 6.45) is 3.70. The van der Waals surface area contributed by atoms with Gasteiger partial charge < -0.3 is 19.9 Å². The van der Waals surface area contributed by atoms with Gasteiger partial charge in [0.1, 0.15) is 5.60 Å². The number of pyridine rings is 1. The molecule has 1 aromatic heterocycles. The van der Waals surface area contributed by atoms with Crippen molar-refractivity contribution in [3.8, 4) is 0 Å². The fourth-order valence-corrected chi connectivity index (χ4v) is 3.47. The van der Waals surface area contributed by atoms with Gasteiger partial charge in [0, 0.05) is 38.6 Å². The number of hydrogen-bond donors (Lipinski definition) is 1. The van der Waals surface area contributed by atoms with E-state index in [1.807, 2.05) is 32.9 Å². The van der Waals surface area contributed by atoms with Gasteiger partial charge in [0.2, 0.25) is 0 Å². The fraction of sp³-hybridized carbons (Fsp3) is 0.480. The summed E-state index contributed by atoms with van der Waals surface area (Å²) in [7, 11) is 0. The molecule has 7 heteroatoms. The number of nitrogens with zero attached hydrogens (tertiary/aromatic N) is 3. The van der Waals surface area contributed by atoms with Gasteiger partial charge in [-0.1, -0.05) is 26.8 Å². The summed E-state index contributed by atoms with van der Waals surface area (Å²) in [4.78, 5) is 33.3. The quantitative estimate of drug-likeness (QED) is 0.694. The molecule has 0 saturated carbocycles. The minimum atomic E-state index is -0.469. The van der Waals surface area contributed by atoms with Crippen molar-refractivity contribution in [3.05, 3.63) is 53.9 Å². The molecule has 0 atom stereocenters. The molecule has 0 radical (unpaired) electrons. The highest BCUT2D eigenvalue weighted by Gasteiger charge is 2.28. The number of piperazine rings is 1. The number of benzene rings is 1. The third-order valence-electron chi connectivity index (χ3n) is 5.95. The molecule has 172 valence electrons. The summed E-state index contributed by atoms with van der Waals surface area (Å²) >= 11 is 0. The Balaban J connectivity index is 1.75. The van der Waals surface area contributed by atoms with Crippen LogP contribution in [-0.2, 0) is 4.74 Å². The van der Waals surface area contributed by atoms with Gasteiger partial charge in [0.25, 0.3) is 5.91 Å². The van der Waals surface area contributed by atoms with E-state index in [9.17, 15) is 9.59 Å². The van der Waals surface area contributed by atoms with Crippen molar-refractivity contribution < 1.29 is 14.3 Å². The van der Waals surface area contributed by atoms with Crippen molar-refractivity contribution in [2.24, 2.45) is 0 Å². The molecule has 7 nitrogen and oxygen atoms in total. The first kappa shape index (κ1) is 23.6. The number of hydrogen-bond acceptors (Lipinski definition) is 5. The van der Waals surface area contributed by atoms with E-state index in [0.717, 1.165) is 17.8 Å². The molecule has 1 aliphatic heterocycles. The Bertz CT molecular complexity index is 935. The average molecular weight is 439 g/mol. The van der Waals surface area contributed by atoms with Crippen molar-refractivity contribution in [1.29, 1.82) is 0 Å². The van der Waals surface area contributed by atoms with Crippen LogP contribution in [0.1, 0.15) is 62.9 Å². The molecule has 1 aromatic carbocycles. The zero-order valence-electron chi connectivity index (χ0n) is 19.7. The molecular formula is C25H34N4O3. The van der Waals surface area contributed by atoms with E-state index >= 15 is 0 Å². The Morgan fingerprint density at radius 1 is 1.16 bits per heavy atom. The second-order valence-electron chi connectivity index (χ2n) is 9.08. The summed E-state index contributed by atoms with van der Waals surface area (Å²) < 4.78 is 5.65. The van der Waals surface area contributed by atoms with Crippen molar-refractivity contribution in [1.82, 2.24) is 9.88 Å². The lowest BCUT2D eigenvalue weighted by atomic mass is 10.0. The van der Waals surface area contributed by atoms with Crippen molar-refractivity contribution in [3.63, 3.8) is 0 Å². The number of aromatic nitrogens is 1. The zero-order valence-corrected chi connectivity index (χ0v) is 19.7. The van der Waals surface area contributed by atoms with Crippen LogP contribution in [0.2, 0.25) is 0 Å². The largest absolute Gasteiger partial charge is 0.443 e. The number of anilines is 2. The number of carbonyl (C=O) groups is 2. The summed E-state index contributed by atoms with van der Waals surface area (Å²) in [6, 6.07) is 9.64. The Hall–Kier alpha value is -3.09. The third-order valence-corrected chi connectivity index (χ3v) is 5.95. The highest BCUT2D eigenvalue weighted by Crippen LogP contribution is 2.31. The molecule has 2 aromatic rings. The fourth-order valence-electron chi connectivity index (χ4n) is 3.47. The van der Waals surface area contributed by atoms with Gasteiger partial charge in [-0.2, -0.15) is 0 Å². The average Bonchev–Trinajstić information content (AvgIpc) is 2.79. The molecule has 1 saturated heterocycles. The molecule has 2 amide bonds. The minimum absolute atomic E-state index is 0.194. The summed E-state index contributed by atoms with van der Waals surface area (Å²) in [5.74, 6) is 0.171. The van der Waals surface area contributed by atoms with Crippen molar-refractivity contribution in [2.45, 2.75) is 52.6 Å². The van der Waals surface area contributed by atoms with E-state index in [1.54, 1.807) is 29.4 Å². The first-order chi connectivity index (χ1) is 15.2. The van der Waals surface area contributed by atoms with Crippen LogP contribution in [0.5, 0.6) is 0 Å². The van der Waals surface area contributed by atoms with E-state index < -0.39 is 5.60 Å². The molecule has 0 bridgehead atoms. The van der Waals surface area contributed by atoms with Crippen LogP contribution in [0.4, 0.5) is 16.2 Å². The SMILES string of the molecule is CCC(C)(C)OC(=O)N1CCN(c2cc(C(C)C)ccc2NC(=O)c2cccnc2)CC1. The lowest BCUT2D eigenvalue weighted by Gasteiger charge is -2.38. The number of rotatable bonds is 6. The summed E-state index contributed by atoms with van der Waals surface area (Å²) in [5.41, 5.74) is 2.97. The lowest BCUT2D eigenvalue weighted by molar-refractivity contribution is 0.0106. The maximum absolute atomic E-state index is 12.7. The molecule has 1 N–H and O–H groups in total.